The number of carboxylic acids is 1. The predicted octanol–water partition coefficient (Wildman–Crippen LogP) is 2.16. The van der Waals surface area contributed by atoms with E-state index in [1.807, 2.05) is 13.8 Å². The van der Waals surface area contributed by atoms with Crippen LogP contribution in [0.2, 0.25) is 10.3 Å². The van der Waals surface area contributed by atoms with E-state index in [1.54, 1.807) is 0 Å². The van der Waals surface area contributed by atoms with Crippen molar-refractivity contribution in [3.8, 4) is 0 Å². The highest BCUT2D eigenvalue weighted by Crippen LogP contribution is 2.32. The first-order valence-corrected chi connectivity index (χ1v) is 10.1. The molecule has 0 saturated carbocycles. The van der Waals surface area contributed by atoms with Gasteiger partial charge in [0.25, 0.3) is 5.56 Å². The zero-order valence-corrected chi connectivity index (χ0v) is 18.1. The summed E-state index contributed by atoms with van der Waals surface area (Å²) < 4.78 is 3.70. The smallest absolute Gasteiger partial charge is 0.337 e. The van der Waals surface area contributed by atoms with Gasteiger partial charge in [0, 0.05) is 18.5 Å². The predicted molar refractivity (Wildman–Crippen MR) is 110 cm³/mol. The lowest BCUT2D eigenvalue weighted by Gasteiger charge is -2.11. The first kappa shape index (κ1) is 21.6. The lowest BCUT2D eigenvalue weighted by molar-refractivity contribution is 0.0698. The Morgan fingerprint density at radius 1 is 1.24 bits per heavy atom. The third-order valence-corrected chi connectivity index (χ3v) is 6.34. The summed E-state index contributed by atoms with van der Waals surface area (Å²) in [6.07, 6.45) is 0. The molecule has 0 unspecified atom stereocenters. The van der Waals surface area contributed by atoms with Gasteiger partial charge in [-0.3, -0.25) is 13.9 Å². The average Bonchev–Trinajstić information content (AvgIpc) is 3.16. The summed E-state index contributed by atoms with van der Waals surface area (Å²) in [4.78, 5) is 42.0. The quantitative estimate of drug-likeness (QED) is 0.581. The highest BCUT2D eigenvalue weighted by Gasteiger charge is 2.27. The minimum atomic E-state index is -1.30. The molecule has 0 amide bonds. The van der Waals surface area contributed by atoms with E-state index < -0.39 is 23.8 Å². The highest BCUT2D eigenvalue weighted by molar-refractivity contribution is 7.19. The number of carbonyl (C=O) groups is 1. The van der Waals surface area contributed by atoms with Crippen LogP contribution in [0.25, 0.3) is 10.2 Å². The monoisotopic (exact) mass is 460 g/mol. The van der Waals surface area contributed by atoms with Crippen LogP contribution in [0.1, 0.15) is 34.9 Å². The second-order valence-electron chi connectivity index (χ2n) is 6.89. The van der Waals surface area contributed by atoms with Crippen molar-refractivity contribution in [3.63, 3.8) is 0 Å². The van der Waals surface area contributed by atoms with Crippen LogP contribution < -0.4 is 11.2 Å². The third-order valence-electron chi connectivity index (χ3n) is 4.39. The number of nitrogens with zero attached hydrogens (tertiary/aromatic N) is 4. The van der Waals surface area contributed by atoms with Crippen LogP contribution >= 0.6 is 34.5 Å². The van der Waals surface area contributed by atoms with Gasteiger partial charge >= 0.3 is 11.7 Å². The van der Waals surface area contributed by atoms with Crippen molar-refractivity contribution in [2.24, 2.45) is 13.0 Å². The van der Waals surface area contributed by atoms with Gasteiger partial charge < -0.3 is 14.8 Å². The number of halogens is 2. The number of hydrogen-bond donors (Lipinski definition) is 2. The molecule has 3 aromatic rings. The van der Waals surface area contributed by atoms with Gasteiger partial charge in [0.1, 0.15) is 22.4 Å². The van der Waals surface area contributed by atoms with E-state index in [4.69, 9.17) is 23.2 Å². The van der Waals surface area contributed by atoms with Crippen LogP contribution in [0.15, 0.2) is 9.59 Å². The van der Waals surface area contributed by atoms with E-state index in [0.29, 0.717) is 11.4 Å². The van der Waals surface area contributed by atoms with Crippen molar-refractivity contribution in [1.82, 2.24) is 18.7 Å². The zero-order chi connectivity index (χ0) is 21.6. The second-order valence-corrected chi connectivity index (χ2v) is 8.69. The summed E-state index contributed by atoms with van der Waals surface area (Å²) in [7, 11) is 1.32. The number of aliphatic hydroxyl groups excluding tert-OH is 1. The van der Waals surface area contributed by atoms with E-state index in [1.165, 1.54) is 16.2 Å². The van der Waals surface area contributed by atoms with Crippen molar-refractivity contribution in [2.75, 3.05) is 0 Å². The maximum absolute atomic E-state index is 12.8. The van der Waals surface area contributed by atoms with E-state index >= 15 is 0 Å². The van der Waals surface area contributed by atoms with Gasteiger partial charge in [-0.2, -0.15) is 0 Å². The first-order chi connectivity index (χ1) is 13.6. The van der Waals surface area contributed by atoms with Crippen LogP contribution in [-0.4, -0.2) is 34.9 Å². The number of fused-ring (bicyclic) bond motifs is 1. The van der Waals surface area contributed by atoms with Gasteiger partial charge in [0.15, 0.2) is 5.15 Å². The Morgan fingerprint density at radius 3 is 2.45 bits per heavy atom. The molecule has 0 aliphatic heterocycles. The van der Waals surface area contributed by atoms with Crippen molar-refractivity contribution in [2.45, 2.75) is 33.5 Å². The fourth-order valence-electron chi connectivity index (χ4n) is 3.11. The largest absolute Gasteiger partial charge is 0.478 e. The first-order valence-electron chi connectivity index (χ1n) is 8.58. The van der Waals surface area contributed by atoms with E-state index in [-0.39, 0.29) is 44.4 Å². The summed E-state index contributed by atoms with van der Waals surface area (Å²) in [5, 5.41) is 19.3. The Balaban J connectivity index is 2.36. The summed E-state index contributed by atoms with van der Waals surface area (Å²) in [6.45, 7) is 3.61. The lowest BCUT2D eigenvalue weighted by Crippen LogP contribution is -2.38. The Morgan fingerprint density at radius 2 is 1.90 bits per heavy atom. The summed E-state index contributed by atoms with van der Waals surface area (Å²) in [6, 6.07) is 0. The fourth-order valence-corrected chi connectivity index (χ4v) is 4.78. The molecule has 0 bridgehead atoms. The van der Waals surface area contributed by atoms with Gasteiger partial charge in [-0.05, 0) is 5.92 Å². The summed E-state index contributed by atoms with van der Waals surface area (Å²) in [5.74, 6) is -1.05. The van der Waals surface area contributed by atoms with E-state index in [0.717, 1.165) is 15.9 Å². The van der Waals surface area contributed by atoms with Gasteiger partial charge in [-0.25, -0.2) is 14.6 Å². The maximum Gasteiger partial charge on any atom is 0.337 e. The molecule has 156 valence electrons. The number of imidazole rings is 1. The average molecular weight is 461 g/mol. The third kappa shape index (κ3) is 3.61. The summed E-state index contributed by atoms with van der Waals surface area (Å²) in [5.41, 5.74) is -1.39. The van der Waals surface area contributed by atoms with Gasteiger partial charge in [-0.1, -0.05) is 37.0 Å². The molecule has 0 aliphatic rings. The molecule has 12 heteroatoms. The van der Waals surface area contributed by atoms with Gasteiger partial charge in [-0.15, -0.1) is 11.3 Å². The highest BCUT2D eigenvalue weighted by atomic mass is 35.5. The number of aromatic nitrogens is 4. The molecule has 0 aromatic carbocycles. The van der Waals surface area contributed by atoms with Crippen LogP contribution in [0.4, 0.5) is 0 Å². The van der Waals surface area contributed by atoms with Crippen LogP contribution in [0.3, 0.4) is 0 Å². The second kappa shape index (κ2) is 7.94. The van der Waals surface area contributed by atoms with Crippen LogP contribution in [-0.2, 0) is 26.7 Å². The van der Waals surface area contributed by atoms with E-state index in [2.05, 4.69) is 4.98 Å². The minimum Gasteiger partial charge on any atom is -0.478 e. The fraction of sp³-hybridized carbons (Fsp3) is 0.412. The van der Waals surface area contributed by atoms with Crippen molar-refractivity contribution >= 4 is 50.7 Å². The number of thiophene rings is 1. The van der Waals surface area contributed by atoms with Crippen molar-refractivity contribution in [1.29, 1.82) is 0 Å². The molecule has 9 nitrogen and oxygen atoms in total. The normalized spacial score (nSPS) is 11.7. The molecule has 3 heterocycles. The number of carboxylic acid groups (broad SMARTS) is 1. The molecule has 0 atom stereocenters. The SMILES string of the molecule is CC(C)Cn1c(=O)n(C)c(=O)c2c(C(=O)O)c(Cn3c(CO)nc(Cl)c3Cl)sc21. The zero-order valence-electron chi connectivity index (χ0n) is 15.8. The molecule has 3 rings (SSSR count). The number of aliphatic hydroxyl groups is 1. The topological polar surface area (TPSA) is 119 Å². The molecular formula is C17H18Cl2N4O5S. The Bertz CT molecular complexity index is 1240. The molecule has 29 heavy (non-hydrogen) atoms. The molecule has 0 spiro atoms. The molecule has 0 radical (unpaired) electrons. The molecule has 0 fully saturated rings. The lowest BCUT2D eigenvalue weighted by atomic mass is 10.1. The van der Waals surface area contributed by atoms with Crippen molar-refractivity contribution < 1.29 is 15.0 Å². The standard InChI is InChI=1S/C17H18Cl2N4O5S/c1-7(2)4-23-15-11(14(25)21(3)17(23)28)10(16(26)27)8(29-15)5-22-9(6-24)20-12(18)13(22)19/h7,24H,4-6H2,1-3H3,(H,26,27). The summed E-state index contributed by atoms with van der Waals surface area (Å²) >= 11 is 13.1. The van der Waals surface area contributed by atoms with Crippen LogP contribution in [0.5, 0.6) is 0 Å². The van der Waals surface area contributed by atoms with Gasteiger partial charge in [0.2, 0.25) is 0 Å². The van der Waals surface area contributed by atoms with Gasteiger partial charge in [0.05, 0.1) is 17.5 Å². The maximum atomic E-state index is 12.8. The molecular weight excluding hydrogens is 443 g/mol. The Labute approximate surface area is 178 Å². The Hall–Kier alpha value is -2.14. The molecule has 0 saturated heterocycles. The molecule has 2 N–H and O–H groups in total. The Kier molecular flexibility index (Phi) is 5.91. The minimum absolute atomic E-state index is 0.0265. The number of hydrogen-bond acceptors (Lipinski definition) is 6. The number of aromatic carboxylic acids is 1. The molecule has 3 aromatic heterocycles. The molecule has 0 aliphatic carbocycles. The van der Waals surface area contributed by atoms with Crippen molar-refractivity contribution in [3.05, 3.63) is 47.4 Å². The van der Waals surface area contributed by atoms with E-state index in [9.17, 15) is 24.6 Å². The van der Waals surface area contributed by atoms with Crippen LogP contribution in [0, 0.1) is 5.92 Å². The number of rotatable bonds is 6.